The quantitative estimate of drug-likeness (QED) is 0.500. The zero-order valence-corrected chi connectivity index (χ0v) is 18.4. The van der Waals surface area contributed by atoms with Gasteiger partial charge in [-0.05, 0) is 48.4 Å². The van der Waals surface area contributed by atoms with Crippen molar-refractivity contribution < 1.29 is 19.4 Å². The number of aliphatic carboxylic acids is 1. The third-order valence-electron chi connectivity index (χ3n) is 4.74. The number of hydrogen-bond donors (Lipinski definition) is 2. The number of nitrogens with one attached hydrogen (secondary N) is 1. The maximum absolute atomic E-state index is 13.0. The van der Waals surface area contributed by atoms with Crippen LogP contribution in [0.3, 0.4) is 0 Å². The Bertz CT molecular complexity index is 1130. The smallest absolute Gasteiger partial charge is 0.305 e. The fourth-order valence-electron chi connectivity index (χ4n) is 3.23. The number of hydrogen-bond acceptors (Lipinski definition) is 4. The number of carboxylic acid groups (broad SMARTS) is 1. The van der Waals surface area contributed by atoms with Crippen molar-refractivity contribution in [2.45, 2.75) is 19.4 Å². The zero-order chi connectivity index (χ0) is 22.5. The molecule has 2 aromatic carbocycles. The molecule has 0 radical (unpaired) electrons. The molecule has 0 aliphatic heterocycles. The van der Waals surface area contributed by atoms with Gasteiger partial charge in [-0.2, -0.15) is 0 Å². The van der Waals surface area contributed by atoms with Gasteiger partial charge in [-0.15, -0.1) is 0 Å². The number of carbonyl (C=O) groups excluding carboxylic acids is 1. The van der Waals surface area contributed by atoms with Gasteiger partial charge in [0.1, 0.15) is 17.1 Å². The van der Waals surface area contributed by atoms with Crippen molar-refractivity contribution in [1.29, 1.82) is 0 Å². The highest BCUT2D eigenvalue weighted by Gasteiger charge is 2.22. The van der Waals surface area contributed by atoms with E-state index in [0.717, 1.165) is 11.1 Å². The fourth-order valence-corrected chi connectivity index (χ4v) is 3.61. The number of rotatable bonds is 7. The Balaban J connectivity index is 1.98. The second kappa shape index (κ2) is 9.81. The van der Waals surface area contributed by atoms with E-state index in [0.29, 0.717) is 27.1 Å². The van der Waals surface area contributed by atoms with Crippen LogP contribution in [0.4, 0.5) is 0 Å². The summed E-state index contributed by atoms with van der Waals surface area (Å²) >= 11 is 12.4. The Morgan fingerprint density at radius 1 is 1.13 bits per heavy atom. The molecule has 1 heterocycles. The molecular formula is C23H20Cl2N2O4. The minimum absolute atomic E-state index is 0.0933. The largest absolute Gasteiger partial charge is 0.494 e. The normalized spacial score (nSPS) is 11.6. The molecule has 1 aromatic heterocycles. The maximum Gasteiger partial charge on any atom is 0.305 e. The highest BCUT2D eigenvalue weighted by atomic mass is 35.5. The first-order valence-electron chi connectivity index (χ1n) is 9.38. The number of carboxylic acids is 1. The predicted octanol–water partition coefficient (Wildman–Crippen LogP) is 5.32. The van der Waals surface area contributed by atoms with E-state index in [9.17, 15) is 14.7 Å². The van der Waals surface area contributed by atoms with E-state index in [2.05, 4.69) is 10.3 Å². The van der Waals surface area contributed by atoms with Crippen LogP contribution in [0.25, 0.3) is 11.3 Å². The molecule has 8 heteroatoms. The second-order valence-corrected chi connectivity index (χ2v) is 7.70. The first-order chi connectivity index (χ1) is 14.8. The molecule has 0 aliphatic rings. The van der Waals surface area contributed by atoms with Crippen molar-refractivity contribution >= 4 is 35.1 Å². The second-order valence-electron chi connectivity index (χ2n) is 6.85. The van der Waals surface area contributed by atoms with Gasteiger partial charge in [0.05, 0.1) is 24.6 Å². The number of methoxy groups -OCH3 is 1. The number of aryl methyl sites for hydroxylation is 1. The van der Waals surface area contributed by atoms with Gasteiger partial charge in [-0.1, -0.05) is 47.5 Å². The van der Waals surface area contributed by atoms with Crippen LogP contribution in [0.5, 0.6) is 5.75 Å². The third-order valence-corrected chi connectivity index (χ3v) is 5.31. The first kappa shape index (κ1) is 22.6. The van der Waals surface area contributed by atoms with E-state index in [1.54, 1.807) is 36.4 Å². The Morgan fingerprint density at radius 3 is 2.55 bits per heavy atom. The SMILES string of the molecule is COc1ccc(C(=O)NC(CC(=O)O)c2ccccc2C)nc1-c1cc(Cl)ccc1Cl. The van der Waals surface area contributed by atoms with Gasteiger partial charge >= 0.3 is 5.97 Å². The van der Waals surface area contributed by atoms with E-state index < -0.39 is 17.9 Å². The minimum Gasteiger partial charge on any atom is -0.494 e. The molecule has 0 saturated heterocycles. The fraction of sp³-hybridized carbons (Fsp3) is 0.174. The van der Waals surface area contributed by atoms with Gasteiger partial charge in [0.2, 0.25) is 0 Å². The van der Waals surface area contributed by atoms with Gasteiger partial charge in [-0.25, -0.2) is 4.98 Å². The lowest BCUT2D eigenvalue weighted by molar-refractivity contribution is -0.137. The van der Waals surface area contributed by atoms with Crippen molar-refractivity contribution in [3.05, 3.63) is 81.5 Å². The van der Waals surface area contributed by atoms with Crippen LogP contribution >= 0.6 is 23.2 Å². The van der Waals surface area contributed by atoms with Crippen molar-refractivity contribution in [1.82, 2.24) is 10.3 Å². The van der Waals surface area contributed by atoms with Crippen LogP contribution < -0.4 is 10.1 Å². The summed E-state index contributed by atoms with van der Waals surface area (Å²) in [5, 5.41) is 13.0. The Kier molecular flexibility index (Phi) is 7.15. The van der Waals surface area contributed by atoms with Gasteiger partial charge in [0.25, 0.3) is 5.91 Å². The van der Waals surface area contributed by atoms with Crippen molar-refractivity contribution in [3.63, 3.8) is 0 Å². The van der Waals surface area contributed by atoms with Crippen LogP contribution in [0.2, 0.25) is 10.0 Å². The third kappa shape index (κ3) is 5.34. The van der Waals surface area contributed by atoms with Crippen molar-refractivity contribution in [2.75, 3.05) is 7.11 Å². The van der Waals surface area contributed by atoms with E-state index >= 15 is 0 Å². The molecule has 0 fully saturated rings. The lowest BCUT2D eigenvalue weighted by Gasteiger charge is -2.19. The summed E-state index contributed by atoms with van der Waals surface area (Å²) in [5.41, 5.74) is 2.57. The van der Waals surface area contributed by atoms with E-state index in [-0.39, 0.29) is 12.1 Å². The van der Waals surface area contributed by atoms with Gasteiger partial charge < -0.3 is 15.2 Å². The molecule has 1 unspecified atom stereocenters. The molecule has 160 valence electrons. The average Bonchev–Trinajstić information content (AvgIpc) is 2.74. The summed E-state index contributed by atoms with van der Waals surface area (Å²) in [4.78, 5) is 28.8. The number of carbonyl (C=O) groups is 2. The number of halogens is 2. The number of benzene rings is 2. The van der Waals surface area contributed by atoms with Gasteiger partial charge in [-0.3, -0.25) is 9.59 Å². The molecule has 0 saturated carbocycles. The number of pyridine rings is 1. The molecule has 2 N–H and O–H groups in total. The Labute approximate surface area is 189 Å². The van der Waals surface area contributed by atoms with Gasteiger partial charge in [0.15, 0.2) is 0 Å². The molecule has 1 atom stereocenters. The van der Waals surface area contributed by atoms with Gasteiger partial charge in [0, 0.05) is 10.6 Å². The van der Waals surface area contributed by atoms with Crippen molar-refractivity contribution in [3.8, 4) is 17.0 Å². The molecule has 3 aromatic rings. The Morgan fingerprint density at radius 2 is 1.87 bits per heavy atom. The predicted molar refractivity (Wildman–Crippen MR) is 120 cm³/mol. The molecule has 0 bridgehead atoms. The van der Waals surface area contributed by atoms with Crippen LogP contribution in [-0.2, 0) is 4.79 Å². The molecule has 31 heavy (non-hydrogen) atoms. The first-order valence-corrected chi connectivity index (χ1v) is 10.1. The zero-order valence-electron chi connectivity index (χ0n) is 16.9. The summed E-state index contributed by atoms with van der Waals surface area (Å²) in [5.74, 6) is -1.12. The molecule has 6 nitrogen and oxygen atoms in total. The van der Waals surface area contributed by atoms with Crippen LogP contribution in [0.1, 0.15) is 34.1 Å². The number of nitrogens with zero attached hydrogens (tertiary/aromatic N) is 1. The summed E-state index contributed by atoms with van der Waals surface area (Å²) < 4.78 is 5.37. The molecule has 1 amide bonds. The highest BCUT2D eigenvalue weighted by Crippen LogP contribution is 2.35. The van der Waals surface area contributed by atoms with Crippen LogP contribution in [-0.4, -0.2) is 29.1 Å². The molecular weight excluding hydrogens is 439 g/mol. The minimum atomic E-state index is -1.03. The number of amides is 1. The molecule has 0 aliphatic carbocycles. The van der Waals surface area contributed by atoms with Crippen LogP contribution in [0.15, 0.2) is 54.6 Å². The standard InChI is InChI=1S/C23H20Cl2N2O4/c1-13-5-3-4-6-15(13)19(12-21(28)29)27-23(30)18-9-10-20(31-2)22(26-18)16-11-14(24)7-8-17(16)25/h3-11,19H,12H2,1-2H3,(H,27,30)(H,28,29). The van der Waals surface area contributed by atoms with Crippen LogP contribution in [0, 0.1) is 6.92 Å². The van der Waals surface area contributed by atoms with Crippen molar-refractivity contribution in [2.24, 2.45) is 0 Å². The molecule has 3 rings (SSSR count). The van der Waals surface area contributed by atoms with E-state index in [1.165, 1.54) is 13.2 Å². The monoisotopic (exact) mass is 458 g/mol. The lowest BCUT2D eigenvalue weighted by atomic mass is 9.98. The highest BCUT2D eigenvalue weighted by molar-refractivity contribution is 6.35. The average molecular weight is 459 g/mol. The summed E-state index contributed by atoms with van der Waals surface area (Å²) in [7, 11) is 1.49. The number of ether oxygens (including phenoxy) is 1. The summed E-state index contributed by atoms with van der Waals surface area (Å²) in [6.45, 7) is 1.86. The van der Waals surface area contributed by atoms with E-state index in [4.69, 9.17) is 27.9 Å². The number of aromatic nitrogens is 1. The topological polar surface area (TPSA) is 88.5 Å². The Hall–Kier alpha value is -3.09. The summed E-state index contributed by atoms with van der Waals surface area (Å²) in [6, 6.07) is 14.6. The van der Waals surface area contributed by atoms with E-state index in [1.807, 2.05) is 19.1 Å². The lowest BCUT2D eigenvalue weighted by Crippen LogP contribution is -2.31. The molecule has 0 spiro atoms. The maximum atomic E-state index is 13.0. The summed E-state index contributed by atoms with van der Waals surface area (Å²) in [6.07, 6.45) is -0.264.